The summed E-state index contributed by atoms with van der Waals surface area (Å²) in [6, 6.07) is 8.26. The van der Waals surface area contributed by atoms with Crippen molar-refractivity contribution in [1.82, 2.24) is 0 Å². The zero-order valence-electron chi connectivity index (χ0n) is 26.4. The van der Waals surface area contributed by atoms with E-state index in [2.05, 4.69) is 60.6 Å². The lowest BCUT2D eigenvalue weighted by molar-refractivity contribution is -0.107. The molecule has 3 aliphatic carbocycles. The van der Waals surface area contributed by atoms with Gasteiger partial charge in [0.2, 0.25) is 0 Å². The summed E-state index contributed by atoms with van der Waals surface area (Å²) in [5, 5.41) is 12.5. The van der Waals surface area contributed by atoms with Crippen molar-refractivity contribution in [3.63, 3.8) is 0 Å². The Morgan fingerprint density at radius 3 is 2.31 bits per heavy atom. The Morgan fingerprint density at radius 2 is 1.67 bits per heavy atom. The van der Waals surface area contributed by atoms with Crippen LogP contribution >= 0.6 is 0 Å². The van der Waals surface area contributed by atoms with Crippen LogP contribution in [0.1, 0.15) is 125 Å². The quantitative estimate of drug-likeness (QED) is 0.285. The van der Waals surface area contributed by atoms with Crippen LogP contribution in [-0.2, 0) is 11.3 Å². The number of aliphatic hydroxyl groups is 1. The average Bonchev–Trinajstić information content (AvgIpc) is 2.90. The molecule has 3 heteroatoms. The van der Waals surface area contributed by atoms with Crippen LogP contribution in [0.2, 0.25) is 0 Å². The molecule has 0 saturated heterocycles. The first-order valence-electron chi connectivity index (χ1n) is 16.2. The summed E-state index contributed by atoms with van der Waals surface area (Å²) in [7, 11) is 1.71. The molecule has 0 spiro atoms. The topological polar surface area (TPSA) is 38.7 Å². The third-order valence-electron chi connectivity index (χ3n) is 11.9. The van der Waals surface area contributed by atoms with Gasteiger partial charge in [-0.25, -0.2) is 0 Å². The molecular weight excluding hydrogens is 480 g/mol. The lowest BCUT2D eigenvalue weighted by atomic mass is 9.47. The largest absolute Gasteiger partial charge is 0.497 e. The summed E-state index contributed by atoms with van der Waals surface area (Å²) in [4.78, 5) is 0. The van der Waals surface area contributed by atoms with Gasteiger partial charge in [-0.3, -0.25) is 0 Å². The molecule has 39 heavy (non-hydrogen) atoms. The molecule has 3 unspecified atom stereocenters. The lowest BCUT2D eigenvalue weighted by Gasteiger charge is -2.60. The predicted octanol–water partition coefficient (Wildman–Crippen LogP) is 9.52. The number of methoxy groups -OCH3 is 1. The summed E-state index contributed by atoms with van der Waals surface area (Å²) >= 11 is 0. The van der Waals surface area contributed by atoms with Crippen molar-refractivity contribution < 1.29 is 14.6 Å². The van der Waals surface area contributed by atoms with E-state index >= 15 is 0 Å². The molecule has 1 fully saturated rings. The number of allylic oxidation sites excluding steroid dienone is 1. The molecule has 3 aliphatic rings. The Hall–Kier alpha value is -1.32. The van der Waals surface area contributed by atoms with Crippen LogP contribution in [0.15, 0.2) is 35.4 Å². The van der Waals surface area contributed by atoms with Crippen molar-refractivity contribution >= 4 is 0 Å². The second-order valence-electron chi connectivity index (χ2n) is 14.5. The fraction of sp³-hybridized carbons (Fsp3) is 0.778. The molecule has 1 N–H and O–H groups in total. The van der Waals surface area contributed by atoms with Crippen molar-refractivity contribution in [2.24, 2.45) is 34.5 Å². The van der Waals surface area contributed by atoms with E-state index < -0.39 is 5.60 Å². The van der Waals surface area contributed by atoms with Crippen LogP contribution in [0.4, 0.5) is 0 Å². The molecule has 0 radical (unpaired) electrons. The molecule has 1 aromatic carbocycles. The highest BCUT2D eigenvalue weighted by molar-refractivity contribution is 5.38. The molecule has 1 saturated carbocycles. The Kier molecular flexibility index (Phi) is 9.64. The Morgan fingerprint density at radius 1 is 0.949 bits per heavy atom. The zero-order valence-corrected chi connectivity index (χ0v) is 26.4. The first-order valence-corrected chi connectivity index (χ1v) is 16.2. The highest BCUT2D eigenvalue weighted by Gasteiger charge is 2.58. The smallest absolute Gasteiger partial charge is 0.118 e. The molecule has 1 aromatic rings. The first kappa shape index (κ1) is 30.6. The second kappa shape index (κ2) is 12.3. The van der Waals surface area contributed by atoms with Crippen molar-refractivity contribution in [3.8, 4) is 5.75 Å². The molecule has 0 aliphatic heterocycles. The molecule has 0 aromatic heterocycles. The van der Waals surface area contributed by atoms with Gasteiger partial charge in [0.05, 0.1) is 25.4 Å². The van der Waals surface area contributed by atoms with Gasteiger partial charge in [0.25, 0.3) is 0 Å². The van der Waals surface area contributed by atoms with E-state index in [0.717, 1.165) is 43.8 Å². The van der Waals surface area contributed by atoms with Gasteiger partial charge in [-0.2, -0.15) is 0 Å². The fourth-order valence-electron chi connectivity index (χ4n) is 9.12. The molecule has 3 nitrogen and oxygen atoms in total. The van der Waals surface area contributed by atoms with Gasteiger partial charge in [-0.15, -0.1) is 0 Å². The lowest BCUT2D eigenvalue weighted by Crippen LogP contribution is -2.56. The summed E-state index contributed by atoms with van der Waals surface area (Å²) in [5.41, 5.74) is 3.69. The Labute approximate surface area is 240 Å². The van der Waals surface area contributed by atoms with Gasteiger partial charge in [-0.05, 0) is 104 Å². The Bertz CT molecular complexity index is 976. The minimum Gasteiger partial charge on any atom is -0.497 e. The van der Waals surface area contributed by atoms with Crippen molar-refractivity contribution in [2.45, 2.75) is 137 Å². The monoisotopic (exact) mass is 538 g/mol. The molecular formula is C36H58O3. The maximum Gasteiger partial charge on any atom is 0.118 e. The van der Waals surface area contributed by atoms with Gasteiger partial charge in [0.1, 0.15) is 5.75 Å². The maximum absolute atomic E-state index is 12.5. The van der Waals surface area contributed by atoms with E-state index in [-0.39, 0.29) is 10.8 Å². The van der Waals surface area contributed by atoms with E-state index in [1.807, 2.05) is 12.1 Å². The van der Waals surface area contributed by atoms with Crippen LogP contribution in [-0.4, -0.2) is 23.9 Å². The molecule has 0 heterocycles. The predicted molar refractivity (Wildman–Crippen MR) is 163 cm³/mol. The number of hydrogen-bond donors (Lipinski definition) is 1. The van der Waals surface area contributed by atoms with Gasteiger partial charge in [0, 0.05) is 5.41 Å². The Balaban J connectivity index is 1.46. The van der Waals surface area contributed by atoms with Crippen LogP contribution in [0.25, 0.3) is 0 Å². The molecule has 4 rings (SSSR count). The van der Waals surface area contributed by atoms with Crippen LogP contribution < -0.4 is 4.74 Å². The van der Waals surface area contributed by atoms with E-state index in [0.29, 0.717) is 30.5 Å². The van der Waals surface area contributed by atoms with E-state index in [1.54, 1.807) is 12.7 Å². The highest BCUT2D eigenvalue weighted by Crippen LogP contribution is 2.63. The second-order valence-corrected chi connectivity index (χ2v) is 14.5. The van der Waals surface area contributed by atoms with Crippen molar-refractivity contribution in [1.29, 1.82) is 0 Å². The van der Waals surface area contributed by atoms with E-state index in [4.69, 9.17) is 9.47 Å². The summed E-state index contributed by atoms with van der Waals surface area (Å²) < 4.78 is 11.8. The summed E-state index contributed by atoms with van der Waals surface area (Å²) in [6.45, 7) is 17.3. The van der Waals surface area contributed by atoms with E-state index in [9.17, 15) is 5.11 Å². The highest BCUT2D eigenvalue weighted by atomic mass is 16.5. The average molecular weight is 539 g/mol. The van der Waals surface area contributed by atoms with Gasteiger partial charge in [-0.1, -0.05) is 84.9 Å². The third kappa shape index (κ3) is 6.01. The SMILES string of the molecule is CC[C@H]([C@H](C)CCCC(C)C)[C@@]1(C)CCC2=C(CCC3CC(OCc4ccc(OC)cc4)CC[C@]23C)C1(C)O. The number of ether oxygens (including phenoxy) is 2. The van der Waals surface area contributed by atoms with Crippen LogP contribution in [0.3, 0.4) is 0 Å². The first-order chi connectivity index (χ1) is 18.5. The summed E-state index contributed by atoms with van der Waals surface area (Å²) in [6.07, 6.45) is 13.4. The van der Waals surface area contributed by atoms with Crippen LogP contribution in [0, 0.1) is 34.5 Å². The van der Waals surface area contributed by atoms with Crippen molar-refractivity contribution in [3.05, 3.63) is 41.0 Å². The minimum absolute atomic E-state index is 0.0558. The zero-order chi connectivity index (χ0) is 28.4. The van der Waals surface area contributed by atoms with Gasteiger partial charge < -0.3 is 14.6 Å². The standard InChI is InChI=1S/C36H58O3/c1-9-31(26(4)12-10-11-25(2)3)35(6)22-20-32-33(36(35,7)37)18-15-28-23-30(19-21-34(28,32)5)39-24-27-13-16-29(38-8)17-14-27/h13-14,16-17,25-26,28,30-31,37H,9-12,15,18-24H2,1-8H3/t26-,28?,30?,31-,34+,35-,36?/m1/s1. The molecule has 7 atom stereocenters. The molecule has 0 amide bonds. The number of benzene rings is 1. The third-order valence-corrected chi connectivity index (χ3v) is 11.9. The number of hydrogen-bond acceptors (Lipinski definition) is 3. The van der Waals surface area contributed by atoms with Gasteiger partial charge >= 0.3 is 0 Å². The minimum atomic E-state index is -0.719. The van der Waals surface area contributed by atoms with Crippen LogP contribution in [0.5, 0.6) is 5.75 Å². The normalized spacial score (nSPS) is 34.4. The maximum atomic E-state index is 12.5. The molecule has 0 bridgehead atoms. The summed E-state index contributed by atoms with van der Waals surface area (Å²) in [5.74, 6) is 3.53. The molecule has 220 valence electrons. The number of fused-ring (bicyclic) bond motifs is 2. The van der Waals surface area contributed by atoms with Gasteiger partial charge in [0.15, 0.2) is 0 Å². The van der Waals surface area contributed by atoms with Crippen molar-refractivity contribution in [2.75, 3.05) is 7.11 Å². The number of rotatable bonds is 11. The van der Waals surface area contributed by atoms with E-state index in [1.165, 1.54) is 49.7 Å². The fourth-order valence-corrected chi connectivity index (χ4v) is 9.12.